The van der Waals surface area contributed by atoms with E-state index >= 15 is 0 Å². The van der Waals surface area contributed by atoms with Crippen molar-refractivity contribution in [2.45, 2.75) is 51.4 Å². The molecule has 2 aromatic rings. The molecule has 1 aromatic heterocycles. The second-order valence-electron chi connectivity index (χ2n) is 9.94. The van der Waals surface area contributed by atoms with Crippen LogP contribution in [-0.2, 0) is 15.6 Å². The molecule has 2 fully saturated rings. The third-order valence-corrected chi connectivity index (χ3v) is 8.70. The molecule has 2 aliphatic carbocycles. The van der Waals surface area contributed by atoms with E-state index in [2.05, 4.69) is 32.6 Å². The standard InChI is InChI=1S/C23H29N5O3/c1-5-26-10-12-27(13-11-26)20(29)23-9-8-22(4,21(23,2)3)18-19(23)25-17-14-15(28(30)31)6-7-16(17)24-18/h6-7,14H,5,8-13H2,1-4H3. The highest BCUT2D eigenvalue weighted by atomic mass is 16.6. The molecule has 1 saturated heterocycles. The highest BCUT2D eigenvalue weighted by Gasteiger charge is 2.73. The smallest absolute Gasteiger partial charge is 0.271 e. The van der Waals surface area contributed by atoms with Crippen molar-refractivity contribution >= 4 is 22.6 Å². The highest BCUT2D eigenvalue weighted by molar-refractivity contribution is 5.93. The summed E-state index contributed by atoms with van der Waals surface area (Å²) in [5.41, 5.74) is 1.42. The van der Waals surface area contributed by atoms with E-state index in [9.17, 15) is 14.9 Å². The van der Waals surface area contributed by atoms with Gasteiger partial charge in [-0.15, -0.1) is 0 Å². The fourth-order valence-corrected chi connectivity index (χ4v) is 6.21. The topological polar surface area (TPSA) is 92.5 Å². The summed E-state index contributed by atoms with van der Waals surface area (Å²) in [4.78, 5) is 39.2. The molecule has 164 valence electrons. The zero-order valence-corrected chi connectivity index (χ0v) is 18.6. The van der Waals surface area contributed by atoms with Crippen LogP contribution in [-0.4, -0.2) is 63.3 Å². The van der Waals surface area contributed by atoms with Gasteiger partial charge in [0, 0.05) is 43.7 Å². The van der Waals surface area contributed by atoms with Crippen molar-refractivity contribution in [3.8, 4) is 0 Å². The van der Waals surface area contributed by atoms with Crippen LogP contribution < -0.4 is 0 Å². The summed E-state index contributed by atoms with van der Waals surface area (Å²) in [7, 11) is 0. The predicted molar refractivity (Wildman–Crippen MR) is 117 cm³/mol. The van der Waals surface area contributed by atoms with Gasteiger partial charge < -0.3 is 9.80 Å². The van der Waals surface area contributed by atoms with E-state index in [1.54, 1.807) is 6.07 Å². The van der Waals surface area contributed by atoms with Crippen LogP contribution in [0.5, 0.6) is 0 Å². The fraction of sp³-hybridized carbons (Fsp3) is 0.609. The number of carbonyl (C=O) groups excluding carboxylic acids is 1. The van der Waals surface area contributed by atoms with Gasteiger partial charge in [-0.25, -0.2) is 9.97 Å². The Morgan fingerprint density at radius 2 is 1.74 bits per heavy atom. The molecule has 8 nitrogen and oxygen atoms in total. The van der Waals surface area contributed by atoms with Crippen molar-refractivity contribution in [2.75, 3.05) is 32.7 Å². The second kappa shape index (κ2) is 6.45. The van der Waals surface area contributed by atoms with Gasteiger partial charge in [0.25, 0.3) is 5.69 Å². The summed E-state index contributed by atoms with van der Waals surface area (Å²) >= 11 is 0. The molecule has 1 amide bonds. The van der Waals surface area contributed by atoms with E-state index in [1.165, 1.54) is 12.1 Å². The Morgan fingerprint density at radius 1 is 1.06 bits per heavy atom. The van der Waals surface area contributed by atoms with Crippen LogP contribution in [0.15, 0.2) is 18.2 Å². The Morgan fingerprint density at radius 3 is 2.39 bits per heavy atom. The van der Waals surface area contributed by atoms with Crippen molar-refractivity contribution < 1.29 is 9.72 Å². The first kappa shape index (κ1) is 20.3. The second-order valence-corrected chi connectivity index (χ2v) is 9.94. The maximum absolute atomic E-state index is 14.1. The zero-order valence-electron chi connectivity index (χ0n) is 18.6. The summed E-state index contributed by atoms with van der Waals surface area (Å²) < 4.78 is 0. The molecule has 1 saturated carbocycles. The molecule has 2 unspecified atom stereocenters. The van der Waals surface area contributed by atoms with Crippen molar-refractivity contribution in [2.24, 2.45) is 5.41 Å². The average Bonchev–Trinajstić information content (AvgIpc) is 3.06. The van der Waals surface area contributed by atoms with Crippen molar-refractivity contribution in [3.63, 3.8) is 0 Å². The van der Waals surface area contributed by atoms with E-state index in [-0.39, 0.29) is 22.4 Å². The average molecular weight is 424 g/mol. The normalized spacial score (nSPS) is 29.4. The molecule has 5 rings (SSSR count). The van der Waals surface area contributed by atoms with Crippen LogP contribution in [0.2, 0.25) is 0 Å². The number of nitro benzene ring substituents is 1. The van der Waals surface area contributed by atoms with Crippen LogP contribution in [0.25, 0.3) is 11.0 Å². The Labute approximate surface area is 181 Å². The number of non-ortho nitro benzene ring substituents is 1. The number of hydrogen-bond acceptors (Lipinski definition) is 6. The predicted octanol–water partition coefficient (Wildman–Crippen LogP) is 3.03. The SMILES string of the molecule is CCN1CCN(C(=O)C23CCC(C)(c4nc5ccc([N+](=O)[O-])cc5nc42)C3(C)C)CC1. The number of rotatable bonds is 3. The maximum Gasteiger partial charge on any atom is 0.271 e. The molecule has 1 aliphatic heterocycles. The summed E-state index contributed by atoms with van der Waals surface area (Å²) in [6, 6.07) is 4.61. The fourth-order valence-electron chi connectivity index (χ4n) is 6.21. The van der Waals surface area contributed by atoms with Crippen LogP contribution in [0.4, 0.5) is 5.69 Å². The summed E-state index contributed by atoms with van der Waals surface area (Å²) in [5.74, 6) is 0.148. The molecule has 0 spiro atoms. The number of likely N-dealkylation sites (N-methyl/N-ethyl adjacent to an activating group) is 1. The third kappa shape index (κ3) is 2.42. The van der Waals surface area contributed by atoms with Crippen LogP contribution in [0.1, 0.15) is 51.9 Å². The van der Waals surface area contributed by atoms with E-state index in [0.29, 0.717) is 11.0 Å². The minimum atomic E-state index is -0.739. The molecule has 0 radical (unpaired) electrons. The van der Waals surface area contributed by atoms with E-state index in [0.717, 1.165) is 57.0 Å². The molecule has 1 aromatic carbocycles. The van der Waals surface area contributed by atoms with Gasteiger partial charge in [-0.1, -0.05) is 27.7 Å². The van der Waals surface area contributed by atoms with E-state index in [4.69, 9.17) is 9.97 Å². The number of nitro groups is 1. The minimum Gasteiger partial charge on any atom is -0.339 e. The van der Waals surface area contributed by atoms with Crippen LogP contribution in [0.3, 0.4) is 0 Å². The molecule has 8 heteroatoms. The molecule has 0 N–H and O–H groups in total. The number of carbonyl (C=O) groups is 1. The molecule has 2 bridgehead atoms. The highest BCUT2D eigenvalue weighted by Crippen LogP contribution is 2.70. The molecule has 3 aliphatic rings. The molecule has 2 atom stereocenters. The van der Waals surface area contributed by atoms with E-state index < -0.39 is 10.3 Å². The van der Waals surface area contributed by atoms with Crippen molar-refractivity contribution in [3.05, 3.63) is 39.7 Å². The largest absolute Gasteiger partial charge is 0.339 e. The summed E-state index contributed by atoms with van der Waals surface area (Å²) in [5, 5.41) is 11.3. The lowest BCUT2D eigenvalue weighted by Gasteiger charge is -2.44. The molecular weight excluding hydrogens is 394 g/mol. The van der Waals surface area contributed by atoms with Gasteiger partial charge in [0.1, 0.15) is 0 Å². The van der Waals surface area contributed by atoms with Crippen LogP contribution >= 0.6 is 0 Å². The van der Waals surface area contributed by atoms with Crippen molar-refractivity contribution in [1.29, 1.82) is 0 Å². The number of hydrogen-bond donors (Lipinski definition) is 0. The first-order valence-corrected chi connectivity index (χ1v) is 11.1. The lowest BCUT2D eigenvalue weighted by atomic mass is 9.63. The molecule has 2 heterocycles. The Kier molecular flexibility index (Phi) is 4.22. The number of fused-ring (bicyclic) bond motifs is 6. The number of nitrogens with zero attached hydrogens (tertiary/aromatic N) is 5. The van der Waals surface area contributed by atoms with Crippen LogP contribution in [0, 0.1) is 15.5 Å². The monoisotopic (exact) mass is 423 g/mol. The zero-order chi connectivity index (χ0) is 22.2. The molecule has 31 heavy (non-hydrogen) atoms. The first-order chi connectivity index (χ1) is 14.7. The maximum atomic E-state index is 14.1. The van der Waals surface area contributed by atoms with Gasteiger partial charge in [-0.2, -0.15) is 0 Å². The minimum absolute atomic E-state index is 0.00792. The number of amides is 1. The Balaban J connectivity index is 1.66. The van der Waals surface area contributed by atoms with Gasteiger partial charge in [-0.3, -0.25) is 14.9 Å². The van der Waals surface area contributed by atoms with Gasteiger partial charge in [0.2, 0.25) is 5.91 Å². The van der Waals surface area contributed by atoms with Gasteiger partial charge in [-0.05, 0) is 30.9 Å². The van der Waals surface area contributed by atoms with E-state index in [1.807, 2.05) is 4.90 Å². The third-order valence-electron chi connectivity index (χ3n) is 8.70. The number of aromatic nitrogens is 2. The Bertz CT molecular complexity index is 1110. The number of piperazine rings is 1. The summed E-state index contributed by atoms with van der Waals surface area (Å²) in [6.45, 7) is 12.9. The first-order valence-electron chi connectivity index (χ1n) is 11.1. The van der Waals surface area contributed by atoms with Crippen molar-refractivity contribution in [1.82, 2.24) is 19.8 Å². The lowest BCUT2D eigenvalue weighted by Crippen LogP contribution is -2.57. The molecular formula is C23H29N5O3. The quantitative estimate of drug-likeness (QED) is 0.557. The van der Waals surface area contributed by atoms with Gasteiger partial charge >= 0.3 is 0 Å². The van der Waals surface area contributed by atoms with Gasteiger partial charge in [0.15, 0.2) is 0 Å². The van der Waals surface area contributed by atoms with Gasteiger partial charge in [0.05, 0.1) is 32.8 Å². The summed E-state index contributed by atoms with van der Waals surface area (Å²) in [6.07, 6.45) is 1.63. The number of benzene rings is 1. The lowest BCUT2D eigenvalue weighted by molar-refractivity contribution is -0.384. The Hall–Kier alpha value is -2.61.